The molecule has 2 rings (SSSR count). The molecule has 1 fully saturated rings. The Morgan fingerprint density at radius 1 is 1.45 bits per heavy atom. The highest BCUT2D eigenvalue weighted by Gasteiger charge is 2.11. The fourth-order valence-corrected chi connectivity index (χ4v) is 2.13. The van der Waals surface area contributed by atoms with Crippen molar-refractivity contribution in [3.63, 3.8) is 0 Å². The van der Waals surface area contributed by atoms with E-state index in [-0.39, 0.29) is 11.9 Å². The minimum Gasteiger partial charge on any atom is -0.379 e. The maximum absolute atomic E-state index is 11.9. The molecule has 1 aromatic rings. The molecule has 110 valence electrons. The predicted molar refractivity (Wildman–Crippen MR) is 75.4 cm³/mol. The monoisotopic (exact) mass is 279 g/mol. The van der Waals surface area contributed by atoms with Crippen molar-refractivity contribution in [2.75, 3.05) is 45.1 Å². The number of nitrogens with one attached hydrogen (secondary N) is 1. The molecule has 0 aromatic carbocycles. The molecule has 0 bridgehead atoms. The quantitative estimate of drug-likeness (QED) is 0.726. The zero-order valence-electron chi connectivity index (χ0n) is 11.8. The Balaban J connectivity index is 1.71. The number of hydrogen-bond acceptors (Lipinski definition) is 6. The van der Waals surface area contributed by atoms with Gasteiger partial charge in [0.05, 0.1) is 13.2 Å². The van der Waals surface area contributed by atoms with Gasteiger partial charge in [0.2, 0.25) is 5.95 Å². The lowest BCUT2D eigenvalue weighted by Gasteiger charge is -2.26. The number of rotatable bonds is 5. The van der Waals surface area contributed by atoms with E-state index in [0.29, 0.717) is 17.9 Å². The minimum absolute atomic E-state index is 0.128. The lowest BCUT2D eigenvalue weighted by atomic mass is 10.3. The van der Waals surface area contributed by atoms with Crippen molar-refractivity contribution in [1.82, 2.24) is 20.2 Å². The Labute approximate surface area is 118 Å². The normalized spacial score (nSPS) is 16.1. The highest BCUT2D eigenvalue weighted by Crippen LogP contribution is 2.02. The van der Waals surface area contributed by atoms with Gasteiger partial charge < -0.3 is 15.8 Å². The van der Waals surface area contributed by atoms with Crippen molar-refractivity contribution in [3.05, 3.63) is 17.5 Å². The van der Waals surface area contributed by atoms with Gasteiger partial charge in [-0.05, 0) is 26.0 Å². The minimum atomic E-state index is -0.204. The summed E-state index contributed by atoms with van der Waals surface area (Å²) in [7, 11) is 0. The molecule has 0 atom stereocenters. The molecule has 7 heteroatoms. The van der Waals surface area contributed by atoms with Crippen molar-refractivity contribution in [2.45, 2.75) is 13.3 Å². The molecule has 0 spiro atoms. The van der Waals surface area contributed by atoms with E-state index in [9.17, 15) is 4.79 Å². The number of amides is 1. The van der Waals surface area contributed by atoms with Crippen LogP contribution in [-0.4, -0.2) is 60.2 Å². The average Bonchev–Trinajstić information content (AvgIpc) is 2.43. The second-order valence-electron chi connectivity index (χ2n) is 4.82. The van der Waals surface area contributed by atoms with E-state index in [0.717, 1.165) is 39.3 Å². The summed E-state index contributed by atoms with van der Waals surface area (Å²) in [5, 5.41) is 2.85. The smallest absolute Gasteiger partial charge is 0.270 e. The van der Waals surface area contributed by atoms with Gasteiger partial charge in [-0.3, -0.25) is 9.69 Å². The van der Waals surface area contributed by atoms with E-state index in [1.807, 2.05) is 0 Å². The molecule has 1 saturated heterocycles. The summed E-state index contributed by atoms with van der Waals surface area (Å²) in [6.07, 6.45) is 0.908. The molecule has 0 saturated carbocycles. The van der Waals surface area contributed by atoms with E-state index in [1.54, 1.807) is 13.0 Å². The van der Waals surface area contributed by atoms with Crippen LogP contribution in [0.3, 0.4) is 0 Å². The van der Waals surface area contributed by atoms with E-state index in [1.165, 1.54) is 0 Å². The number of nitrogens with zero attached hydrogens (tertiary/aromatic N) is 3. The van der Waals surface area contributed by atoms with Crippen LogP contribution in [0.4, 0.5) is 5.95 Å². The highest BCUT2D eigenvalue weighted by atomic mass is 16.5. The number of carbonyl (C=O) groups excluding carboxylic acids is 1. The molecule has 0 aliphatic carbocycles. The number of ether oxygens (including phenoxy) is 1. The van der Waals surface area contributed by atoms with Crippen LogP contribution < -0.4 is 11.1 Å². The molecule has 1 aliphatic rings. The zero-order valence-corrected chi connectivity index (χ0v) is 11.8. The Bertz CT molecular complexity index is 440. The van der Waals surface area contributed by atoms with Crippen LogP contribution in [0.25, 0.3) is 0 Å². The standard InChI is InChI=1S/C13H21N5O2/c1-10-9-11(17-13(14)16-10)12(19)15-3-2-4-18-5-7-20-8-6-18/h9H,2-8H2,1H3,(H,15,19)(H2,14,16,17). The molecule has 1 amide bonds. The summed E-state index contributed by atoms with van der Waals surface area (Å²) in [5.74, 6) is -0.0763. The number of nitrogen functional groups attached to an aromatic ring is 1. The second kappa shape index (κ2) is 7.16. The van der Waals surface area contributed by atoms with Crippen LogP contribution in [0, 0.1) is 6.92 Å². The number of hydrogen-bond donors (Lipinski definition) is 2. The van der Waals surface area contributed by atoms with E-state index in [2.05, 4.69) is 20.2 Å². The number of aryl methyl sites for hydroxylation is 1. The molecule has 20 heavy (non-hydrogen) atoms. The lowest BCUT2D eigenvalue weighted by molar-refractivity contribution is 0.0374. The SMILES string of the molecule is Cc1cc(C(=O)NCCCN2CCOCC2)nc(N)n1. The van der Waals surface area contributed by atoms with Crippen LogP contribution in [0.5, 0.6) is 0 Å². The van der Waals surface area contributed by atoms with Crippen molar-refractivity contribution < 1.29 is 9.53 Å². The first-order valence-corrected chi connectivity index (χ1v) is 6.84. The predicted octanol–water partition coefficient (Wildman–Crippen LogP) is -0.181. The van der Waals surface area contributed by atoms with Crippen LogP contribution in [0.1, 0.15) is 22.6 Å². The Hall–Kier alpha value is -1.73. The van der Waals surface area contributed by atoms with Gasteiger partial charge >= 0.3 is 0 Å². The number of aromatic nitrogens is 2. The Morgan fingerprint density at radius 2 is 2.20 bits per heavy atom. The number of anilines is 1. The van der Waals surface area contributed by atoms with Crippen LogP contribution in [-0.2, 0) is 4.74 Å². The molecule has 7 nitrogen and oxygen atoms in total. The number of nitrogens with two attached hydrogens (primary N) is 1. The van der Waals surface area contributed by atoms with Crippen molar-refractivity contribution in [1.29, 1.82) is 0 Å². The Morgan fingerprint density at radius 3 is 2.90 bits per heavy atom. The summed E-state index contributed by atoms with van der Waals surface area (Å²) >= 11 is 0. The molecular weight excluding hydrogens is 258 g/mol. The fourth-order valence-electron chi connectivity index (χ4n) is 2.13. The molecule has 3 N–H and O–H groups in total. The molecule has 2 heterocycles. The van der Waals surface area contributed by atoms with Gasteiger partial charge in [0.15, 0.2) is 0 Å². The van der Waals surface area contributed by atoms with Crippen LogP contribution in [0.15, 0.2) is 6.07 Å². The first-order chi connectivity index (χ1) is 9.65. The van der Waals surface area contributed by atoms with Gasteiger partial charge in [-0.25, -0.2) is 9.97 Å². The van der Waals surface area contributed by atoms with Gasteiger partial charge in [0, 0.05) is 25.3 Å². The molecular formula is C13H21N5O2. The van der Waals surface area contributed by atoms with E-state index in [4.69, 9.17) is 10.5 Å². The third-order valence-electron chi connectivity index (χ3n) is 3.14. The maximum atomic E-state index is 11.9. The second-order valence-corrected chi connectivity index (χ2v) is 4.82. The van der Waals surface area contributed by atoms with Crippen molar-refractivity contribution in [2.24, 2.45) is 0 Å². The van der Waals surface area contributed by atoms with E-state index >= 15 is 0 Å². The van der Waals surface area contributed by atoms with Gasteiger partial charge in [-0.2, -0.15) is 0 Å². The average molecular weight is 279 g/mol. The summed E-state index contributed by atoms with van der Waals surface area (Å²) in [5.41, 5.74) is 6.54. The van der Waals surface area contributed by atoms with Gasteiger partial charge in [-0.1, -0.05) is 0 Å². The first kappa shape index (κ1) is 14.7. The van der Waals surface area contributed by atoms with Crippen LogP contribution >= 0.6 is 0 Å². The van der Waals surface area contributed by atoms with Crippen LogP contribution in [0.2, 0.25) is 0 Å². The van der Waals surface area contributed by atoms with Gasteiger partial charge in [0.1, 0.15) is 5.69 Å². The number of morpholine rings is 1. The largest absolute Gasteiger partial charge is 0.379 e. The zero-order chi connectivity index (χ0) is 14.4. The topological polar surface area (TPSA) is 93.4 Å². The molecule has 1 aliphatic heterocycles. The summed E-state index contributed by atoms with van der Waals surface area (Å²) in [6, 6.07) is 1.63. The molecule has 0 unspecified atom stereocenters. The Kier molecular flexibility index (Phi) is 5.25. The lowest BCUT2D eigenvalue weighted by Crippen LogP contribution is -2.38. The van der Waals surface area contributed by atoms with Crippen molar-refractivity contribution >= 4 is 11.9 Å². The van der Waals surface area contributed by atoms with Gasteiger partial charge in [-0.15, -0.1) is 0 Å². The maximum Gasteiger partial charge on any atom is 0.270 e. The molecule has 0 radical (unpaired) electrons. The third kappa shape index (κ3) is 4.43. The summed E-state index contributed by atoms with van der Waals surface area (Å²) in [6.45, 7) is 6.91. The highest BCUT2D eigenvalue weighted by molar-refractivity contribution is 5.92. The summed E-state index contributed by atoms with van der Waals surface area (Å²) in [4.78, 5) is 22.1. The van der Waals surface area contributed by atoms with Gasteiger partial charge in [0.25, 0.3) is 5.91 Å². The third-order valence-corrected chi connectivity index (χ3v) is 3.14. The summed E-state index contributed by atoms with van der Waals surface area (Å²) < 4.78 is 5.29. The fraction of sp³-hybridized carbons (Fsp3) is 0.615. The van der Waals surface area contributed by atoms with Crippen molar-refractivity contribution in [3.8, 4) is 0 Å². The first-order valence-electron chi connectivity index (χ1n) is 6.84. The number of carbonyl (C=O) groups is 1. The van der Waals surface area contributed by atoms with E-state index < -0.39 is 0 Å². The molecule has 1 aromatic heterocycles.